The van der Waals surface area contributed by atoms with E-state index in [4.69, 9.17) is 0 Å². The molecule has 0 aromatic carbocycles. The molecule has 2 unspecified atom stereocenters. The molecule has 1 rings (SSSR count). The summed E-state index contributed by atoms with van der Waals surface area (Å²) in [4.78, 5) is 10.4. The fraction of sp³-hybridized carbons (Fsp3) is 0.500. The van der Waals surface area contributed by atoms with Gasteiger partial charge in [-0.05, 0) is 0 Å². The third kappa shape index (κ3) is 0.943. The molecule has 1 saturated heterocycles. The van der Waals surface area contributed by atoms with E-state index in [9.17, 15) is 9.18 Å². The van der Waals surface area contributed by atoms with Crippen molar-refractivity contribution in [2.45, 2.75) is 6.17 Å². The Morgan fingerprint density at radius 2 is 2.56 bits per heavy atom. The summed E-state index contributed by atoms with van der Waals surface area (Å²) in [6.07, 6.45) is 0.0882. The second-order valence-corrected chi connectivity index (χ2v) is 2.05. The predicted octanol–water partition coefficient (Wildman–Crippen LogP) is 0.256. The van der Waals surface area contributed by atoms with E-state index in [1.165, 1.54) is 6.08 Å². The summed E-state index contributed by atoms with van der Waals surface area (Å²) in [7, 11) is 0. The first-order valence-corrected chi connectivity index (χ1v) is 2.80. The molecule has 1 aliphatic heterocycles. The summed E-state index contributed by atoms with van der Waals surface area (Å²) < 4.78 is 12.5. The maximum Gasteiger partial charge on any atom is 0.255 e. The highest BCUT2D eigenvalue weighted by atomic mass is 19.1. The van der Waals surface area contributed by atoms with Gasteiger partial charge in [-0.15, -0.1) is 6.58 Å². The molecule has 2 nitrogen and oxygen atoms in total. The van der Waals surface area contributed by atoms with Crippen LogP contribution in [0.1, 0.15) is 0 Å². The van der Waals surface area contributed by atoms with Crippen molar-refractivity contribution >= 4 is 5.91 Å². The first kappa shape index (κ1) is 6.26. The molecule has 0 spiro atoms. The van der Waals surface area contributed by atoms with Crippen molar-refractivity contribution in [3.05, 3.63) is 12.7 Å². The van der Waals surface area contributed by atoms with Crippen LogP contribution < -0.4 is 5.32 Å². The van der Waals surface area contributed by atoms with Gasteiger partial charge in [0, 0.05) is 12.5 Å². The van der Waals surface area contributed by atoms with Crippen LogP contribution in [0.3, 0.4) is 0 Å². The second-order valence-electron chi connectivity index (χ2n) is 2.05. The van der Waals surface area contributed by atoms with Crippen molar-refractivity contribution in [2.75, 3.05) is 6.54 Å². The summed E-state index contributed by atoms with van der Waals surface area (Å²) in [6.45, 7) is 3.79. The normalized spacial score (nSPS) is 34.1. The van der Waals surface area contributed by atoms with Gasteiger partial charge < -0.3 is 5.32 Å². The predicted molar refractivity (Wildman–Crippen MR) is 31.6 cm³/mol. The smallest absolute Gasteiger partial charge is 0.255 e. The van der Waals surface area contributed by atoms with E-state index in [0.29, 0.717) is 6.54 Å². The first-order chi connectivity index (χ1) is 4.25. The summed E-state index contributed by atoms with van der Waals surface area (Å²) in [5.74, 6) is -0.836. The van der Waals surface area contributed by atoms with Gasteiger partial charge in [0.05, 0.1) is 0 Å². The van der Waals surface area contributed by atoms with Crippen LogP contribution in [0.15, 0.2) is 12.7 Å². The van der Waals surface area contributed by atoms with E-state index in [-0.39, 0.29) is 5.92 Å². The summed E-state index contributed by atoms with van der Waals surface area (Å²) >= 11 is 0. The van der Waals surface area contributed by atoms with Crippen LogP contribution in [-0.2, 0) is 4.79 Å². The van der Waals surface area contributed by atoms with Gasteiger partial charge in [0.1, 0.15) is 0 Å². The van der Waals surface area contributed by atoms with Crippen molar-refractivity contribution in [1.82, 2.24) is 5.32 Å². The lowest BCUT2D eigenvalue weighted by Crippen LogP contribution is -2.20. The fourth-order valence-electron chi connectivity index (χ4n) is 0.817. The molecule has 2 atom stereocenters. The molecule has 0 aromatic rings. The first-order valence-electron chi connectivity index (χ1n) is 2.80. The molecular formula is C6H8FNO. The summed E-state index contributed by atoms with van der Waals surface area (Å²) in [6, 6.07) is 0. The largest absolute Gasteiger partial charge is 0.353 e. The quantitative estimate of drug-likeness (QED) is 0.505. The van der Waals surface area contributed by atoms with Gasteiger partial charge in [-0.1, -0.05) is 6.08 Å². The number of rotatable bonds is 1. The molecule has 9 heavy (non-hydrogen) atoms. The van der Waals surface area contributed by atoms with Crippen LogP contribution in [0, 0.1) is 5.92 Å². The van der Waals surface area contributed by atoms with Gasteiger partial charge in [-0.25, -0.2) is 4.39 Å². The number of carbonyl (C=O) groups excluding carboxylic acids is 1. The molecule has 0 bridgehead atoms. The minimum atomic E-state index is -1.37. The van der Waals surface area contributed by atoms with E-state index in [2.05, 4.69) is 11.9 Å². The fourth-order valence-corrected chi connectivity index (χ4v) is 0.817. The zero-order valence-electron chi connectivity index (χ0n) is 4.93. The van der Waals surface area contributed by atoms with E-state index in [1.54, 1.807) is 0 Å². The third-order valence-electron chi connectivity index (χ3n) is 1.44. The van der Waals surface area contributed by atoms with Gasteiger partial charge in [-0.3, -0.25) is 4.79 Å². The van der Waals surface area contributed by atoms with Gasteiger partial charge in [0.15, 0.2) is 6.17 Å². The lowest BCUT2D eigenvalue weighted by atomic mass is 10.1. The minimum absolute atomic E-state index is 0.322. The molecule has 1 heterocycles. The number of nitrogens with one attached hydrogen (secondary N) is 1. The molecule has 1 fully saturated rings. The van der Waals surface area contributed by atoms with Crippen LogP contribution in [0.25, 0.3) is 0 Å². The Morgan fingerprint density at radius 3 is 2.78 bits per heavy atom. The maximum atomic E-state index is 12.5. The monoisotopic (exact) mass is 129 g/mol. The molecule has 3 heteroatoms. The van der Waals surface area contributed by atoms with Crippen LogP contribution >= 0.6 is 0 Å². The molecule has 1 N–H and O–H groups in total. The van der Waals surface area contributed by atoms with Gasteiger partial charge in [0.2, 0.25) is 0 Å². The van der Waals surface area contributed by atoms with Crippen LogP contribution in [0.2, 0.25) is 0 Å². The SMILES string of the molecule is C=CC1CNC(=O)C1F. The van der Waals surface area contributed by atoms with Crippen LogP contribution in [0.4, 0.5) is 4.39 Å². The zero-order chi connectivity index (χ0) is 6.85. The Hall–Kier alpha value is -0.860. The molecule has 0 aliphatic carbocycles. The van der Waals surface area contributed by atoms with Crippen molar-refractivity contribution < 1.29 is 9.18 Å². The average Bonchev–Trinajstić information content (AvgIpc) is 2.15. The van der Waals surface area contributed by atoms with Gasteiger partial charge in [0.25, 0.3) is 5.91 Å². The van der Waals surface area contributed by atoms with Gasteiger partial charge >= 0.3 is 0 Å². The van der Waals surface area contributed by atoms with E-state index in [1.807, 2.05) is 0 Å². The number of hydrogen-bond acceptors (Lipinski definition) is 1. The average molecular weight is 129 g/mol. The molecular weight excluding hydrogens is 121 g/mol. The number of alkyl halides is 1. The Kier molecular flexibility index (Phi) is 1.51. The van der Waals surface area contributed by atoms with E-state index in [0.717, 1.165) is 0 Å². The highest BCUT2D eigenvalue weighted by Gasteiger charge is 2.31. The third-order valence-corrected chi connectivity index (χ3v) is 1.44. The van der Waals surface area contributed by atoms with Crippen molar-refractivity contribution in [3.8, 4) is 0 Å². The molecule has 1 amide bonds. The Labute approximate surface area is 52.7 Å². The lowest BCUT2D eigenvalue weighted by molar-refractivity contribution is -0.123. The summed E-state index contributed by atoms with van der Waals surface area (Å²) in [5, 5.41) is 2.39. The molecule has 0 radical (unpaired) electrons. The van der Waals surface area contributed by atoms with Crippen molar-refractivity contribution in [2.24, 2.45) is 5.92 Å². The second kappa shape index (κ2) is 2.17. The topological polar surface area (TPSA) is 29.1 Å². The zero-order valence-corrected chi connectivity index (χ0v) is 4.93. The standard InChI is InChI=1S/C6H8FNO/c1-2-4-3-8-6(9)5(4)7/h2,4-5H,1,3H2,(H,8,9). The number of amides is 1. The van der Waals surface area contributed by atoms with Crippen molar-refractivity contribution in [1.29, 1.82) is 0 Å². The van der Waals surface area contributed by atoms with Crippen LogP contribution in [-0.4, -0.2) is 18.6 Å². The van der Waals surface area contributed by atoms with E-state index < -0.39 is 12.1 Å². The Morgan fingerprint density at radius 1 is 1.89 bits per heavy atom. The maximum absolute atomic E-state index is 12.5. The summed E-state index contributed by atoms with van der Waals surface area (Å²) in [5.41, 5.74) is 0. The lowest BCUT2D eigenvalue weighted by Gasteiger charge is -1.99. The van der Waals surface area contributed by atoms with Crippen LogP contribution in [0.5, 0.6) is 0 Å². The molecule has 1 aliphatic rings. The Balaban J connectivity index is 2.61. The highest BCUT2D eigenvalue weighted by Crippen LogP contribution is 2.13. The molecule has 0 saturated carbocycles. The van der Waals surface area contributed by atoms with Gasteiger partial charge in [-0.2, -0.15) is 0 Å². The molecule has 50 valence electrons. The Bertz CT molecular complexity index is 146. The minimum Gasteiger partial charge on any atom is -0.353 e. The highest BCUT2D eigenvalue weighted by molar-refractivity contribution is 5.83. The number of carbonyl (C=O) groups is 1. The number of halogens is 1. The van der Waals surface area contributed by atoms with Crippen molar-refractivity contribution in [3.63, 3.8) is 0 Å². The van der Waals surface area contributed by atoms with E-state index >= 15 is 0 Å². The molecule has 0 aromatic heterocycles. The number of hydrogen-bond donors (Lipinski definition) is 1.